The molecule has 1 aromatic heterocycles. The van der Waals surface area contributed by atoms with Gasteiger partial charge < -0.3 is 5.11 Å². The van der Waals surface area contributed by atoms with E-state index in [4.69, 9.17) is 5.11 Å². The molecule has 100 valence electrons. The number of nitrogens with zero attached hydrogens (tertiary/aromatic N) is 2. The van der Waals surface area contributed by atoms with Gasteiger partial charge >= 0.3 is 11.7 Å². The third-order valence-corrected chi connectivity index (χ3v) is 3.59. The highest BCUT2D eigenvalue weighted by Gasteiger charge is 2.21. The second-order valence-electron chi connectivity index (χ2n) is 4.18. The molecule has 0 saturated heterocycles. The van der Waals surface area contributed by atoms with E-state index in [-0.39, 0.29) is 5.69 Å². The summed E-state index contributed by atoms with van der Waals surface area (Å²) >= 11 is 1.63. The lowest BCUT2D eigenvalue weighted by Gasteiger charge is -2.17. The molecule has 0 spiro atoms. The van der Waals surface area contributed by atoms with Crippen LogP contribution in [0.2, 0.25) is 0 Å². The van der Waals surface area contributed by atoms with Crippen molar-refractivity contribution in [2.45, 2.75) is 33.2 Å². The van der Waals surface area contributed by atoms with Crippen LogP contribution in [-0.2, 0) is 11.3 Å². The van der Waals surface area contributed by atoms with Crippen LogP contribution in [0.5, 0.6) is 0 Å². The zero-order valence-corrected chi connectivity index (χ0v) is 11.9. The Hall–Kier alpha value is -1.30. The number of hydrogen-bond donors (Lipinski definition) is 1. The van der Waals surface area contributed by atoms with Gasteiger partial charge in [-0.25, -0.2) is 4.79 Å². The fraction of sp³-hybridized carbons (Fsp3) is 0.583. The van der Waals surface area contributed by atoms with E-state index in [1.807, 2.05) is 6.26 Å². The third-order valence-electron chi connectivity index (χ3n) is 3.00. The van der Waals surface area contributed by atoms with Gasteiger partial charge in [-0.15, -0.1) is 0 Å². The molecule has 1 rings (SSSR count). The highest BCUT2D eigenvalue weighted by molar-refractivity contribution is 7.98. The first-order valence-corrected chi connectivity index (χ1v) is 7.09. The average molecular weight is 270 g/mol. The van der Waals surface area contributed by atoms with E-state index in [2.05, 4.69) is 4.98 Å². The molecule has 0 aliphatic heterocycles. The van der Waals surface area contributed by atoms with E-state index in [0.717, 1.165) is 5.75 Å². The van der Waals surface area contributed by atoms with Gasteiger partial charge in [0.2, 0.25) is 0 Å². The lowest BCUT2D eigenvalue weighted by molar-refractivity contribution is -0.138. The van der Waals surface area contributed by atoms with Gasteiger partial charge in [0.25, 0.3) is 0 Å². The molecule has 0 aliphatic rings. The summed E-state index contributed by atoms with van der Waals surface area (Å²) in [5.41, 5.74) is 1.55. The number of aryl methyl sites for hydroxylation is 1. The van der Waals surface area contributed by atoms with Gasteiger partial charge in [-0.3, -0.25) is 9.36 Å². The van der Waals surface area contributed by atoms with Crippen LogP contribution < -0.4 is 5.69 Å². The smallest absolute Gasteiger partial charge is 0.348 e. The molecule has 1 unspecified atom stereocenters. The standard InChI is InChI=1S/C12H18N2O3S/c1-7(11(15)16)10-8(2)13-12(17)14(9(10)3)5-6-18-4/h7H,5-6H2,1-4H3,(H,15,16). The Labute approximate surface area is 110 Å². The third kappa shape index (κ3) is 2.93. The Morgan fingerprint density at radius 1 is 1.50 bits per heavy atom. The van der Waals surface area contributed by atoms with Crippen LogP contribution in [0.4, 0.5) is 0 Å². The molecule has 1 heterocycles. The van der Waals surface area contributed by atoms with Crippen molar-refractivity contribution in [3.63, 3.8) is 0 Å². The summed E-state index contributed by atoms with van der Waals surface area (Å²) < 4.78 is 1.55. The molecular weight excluding hydrogens is 252 g/mol. The molecule has 0 amide bonds. The Bertz CT molecular complexity index is 511. The molecule has 0 aromatic carbocycles. The van der Waals surface area contributed by atoms with Gasteiger partial charge in [-0.2, -0.15) is 16.7 Å². The van der Waals surface area contributed by atoms with Crippen molar-refractivity contribution in [3.8, 4) is 0 Å². The minimum Gasteiger partial charge on any atom is -0.481 e. The molecule has 1 atom stereocenters. The first-order chi connectivity index (χ1) is 8.40. The van der Waals surface area contributed by atoms with Crippen LogP contribution in [0.15, 0.2) is 4.79 Å². The van der Waals surface area contributed by atoms with Crippen molar-refractivity contribution in [3.05, 3.63) is 27.4 Å². The highest BCUT2D eigenvalue weighted by atomic mass is 32.2. The Kier molecular flexibility index (Phi) is 4.95. The molecule has 0 radical (unpaired) electrons. The Morgan fingerprint density at radius 3 is 2.61 bits per heavy atom. The van der Waals surface area contributed by atoms with Gasteiger partial charge in [0, 0.05) is 29.2 Å². The maximum Gasteiger partial charge on any atom is 0.348 e. The minimum absolute atomic E-state index is 0.305. The van der Waals surface area contributed by atoms with Crippen molar-refractivity contribution < 1.29 is 9.90 Å². The minimum atomic E-state index is -0.905. The molecule has 1 aromatic rings. The maximum atomic E-state index is 11.8. The summed E-state index contributed by atoms with van der Waals surface area (Å²) in [6, 6.07) is 0. The predicted molar refractivity (Wildman–Crippen MR) is 72.4 cm³/mol. The quantitative estimate of drug-likeness (QED) is 0.876. The Morgan fingerprint density at radius 2 is 2.11 bits per heavy atom. The van der Waals surface area contributed by atoms with E-state index < -0.39 is 11.9 Å². The molecular formula is C12H18N2O3S. The number of carbonyl (C=O) groups is 1. The molecule has 6 heteroatoms. The first-order valence-electron chi connectivity index (χ1n) is 5.69. The van der Waals surface area contributed by atoms with Crippen LogP contribution in [0, 0.1) is 13.8 Å². The SMILES string of the molecule is CSCCn1c(C)c(C(C)C(=O)O)c(C)nc1=O. The van der Waals surface area contributed by atoms with E-state index in [9.17, 15) is 9.59 Å². The number of thioether (sulfide) groups is 1. The molecule has 0 saturated carbocycles. The van der Waals surface area contributed by atoms with Crippen molar-refractivity contribution in [2.75, 3.05) is 12.0 Å². The number of aliphatic carboxylic acids is 1. The summed E-state index contributed by atoms with van der Waals surface area (Å²) in [7, 11) is 0. The number of carboxylic acid groups (broad SMARTS) is 1. The van der Waals surface area contributed by atoms with E-state index in [0.29, 0.717) is 23.5 Å². The number of rotatable bonds is 5. The molecule has 18 heavy (non-hydrogen) atoms. The fourth-order valence-electron chi connectivity index (χ4n) is 2.01. The van der Waals surface area contributed by atoms with Gasteiger partial charge in [0.1, 0.15) is 0 Å². The lowest BCUT2D eigenvalue weighted by Crippen LogP contribution is -2.30. The number of carboxylic acids is 1. The largest absolute Gasteiger partial charge is 0.481 e. The molecule has 0 bridgehead atoms. The zero-order valence-electron chi connectivity index (χ0n) is 11.1. The summed E-state index contributed by atoms with van der Waals surface area (Å²) in [6.45, 7) is 5.63. The summed E-state index contributed by atoms with van der Waals surface area (Å²) in [5.74, 6) is -0.761. The average Bonchev–Trinajstić information content (AvgIpc) is 2.28. The topological polar surface area (TPSA) is 72.2 Å². The van der Waals surface area contributed by atoms with Crippen LogP contribution in [0.25, 0.3) is 0 Å². The highest BCUT2D eigenvalue weighted by Crippen LogP contribution is 2.21. The normalized spacial score (nSPS) is 12.4. The second-order valence-corrected chi connectivity index (χ2v) is 5.17. The summed E-state index contributed by atoms with van der Waals surface area (Å²) in [4.78, 5) is 26.8. The van der Waals surface area contributed by atoms with Crippen LogP contribution in [0.1, 0.15) is 29.8 Å². The van der Waals surface area contributed by atoms with E-state index in [1.165, 1.54) is 0 Å². The molecule has 5 nitrogen and oxygen atoms in total. The molecule has 0 aliphatic carbocycles. The maximum absolute atomic E-state index is 11.8. The van der Waals surface area contributed by atoms with Crippen LogP contribution in [-0.4, -0.2) is 32.6 Å². The second kappa shape index (κ2) is 6.04. The van der Waals surface area contributed by atoms with Gasteiger partial charge in [0.15, 0.2) is 0 Å². The van der Waals surface area contributed by atoms with Gasteiger partial charge in [-0.05, 0) is 27.0 Å². The van der Waals surface area contributed by atoms with Crippen LogP contribution >= 0.6 is 11.8 Å². The zero-order chi connectivity index (χ0) is 13.9. The monoisotopic (exact) mass is 270 g/mol. The van der Waals surface area contributed by atoms with Crippen molar-refractivity contribution in [1.29, 1.82) is 0 Å². The van der Waals surface area contributed by atoms with E-state index in [1.54, 1.807) is 37.1 Å². The molecule has 1 N–H and O–H groups in total. The number of aromatic nitrogens is 2. The van der Waals surface area contributed by atoms with Gasteiger partial charge in [-0.1, -0.05) is 0 Å². The van der Waals surface area contributed by atoms with Crippen LogP contribution in [0.3, 0.4) is 0 Å². The lowest BCUT2D eigenvalue weighted by atomic mass is 9.98. The number of hydrogen-bond acceptors (Lipinski definition) is 4. The van der Waals surface area contributed by atoms with Crippen molar-refractivity contribution >= 4 is 17.7 Å². The molecule has 0 fully saturated rings. The van der Waals surface area contributed by atoms with Crippen molar-refractivity contribution in [2.24, 2.45) is 0 Å². The van der Waals surface area contributed by atoms with Gasteiger partial charge in [0.05, 0.1) is 5.92 Å². The predicted octanol–water partition coefficient (Wildman–Crippen LogP) is 1.41. The summed E-state index contributed by atoms with van der Waals surface area (Å²) in [5, 5.41) is 9.10. The fourth-order valence-corrected chi connectivity index (χ4v) is 2.38. The summed E-state index contributed by atoms with van der Waals surface area (Å²) in [6.07, 6.45) is 1.96. The Balaban J connectivity index is 3.35. The van der Waals surface area contributed by atoms with E-state index >= 15 is 0 Å². The van der Waals surface area contributed by atoms with Crippen molar-refractivity contribution in [1.82, 2.24) is 9.55 Å². The first kappa shape index (κ1) is 14.8.